The normalized spacial score (nSPS) is 12.9. The van der Waals surface area contributed by atoms with Gasteiger partial charge in [0.05, 0.1) is 17.9 Å². The predicted octanol–water partition coefficient (Wildman–Crippen LogP) is 2.75. The van der Waals surface area contributed by atoms with Crippen molar-refractivity contribution in [2.45, 2.75) is 19.9 Å². The van der Waals surface area contributed by atoms with E-state index in [0.29, 0.717) is 11.9 Å². The van der Waals surface area contributed by atoms with Crippen LogP contribution < -0.4 is 5.32 Å². The van der Waals surface area contributed by atoms with E-state index in [1.165, 1.54) is 12.3 Å². The van der Waals surface area contributed by atoms with E-state index in [2.05, 4.69) is 5.32 Å². The van der Waals surface area contributed by atoms with Gasteiger partial charge in [0.25, 0.3) is 0 Å². The fourth-order valence-corrected chi connectivity index (χ4v) is 1.82. The molecule has 1 aromatic heterocycles. The van der Waals surface area contributed by atoms with Gasteiger partial charge in [0, 0.05) is 5.39 Å². The van der Waals surface area contributed by atoms with Gasteiger partial charge in [0.15, 0.2) is 17.2 Å². The molecule has 0 radical (unpaired) electrons. The van der Waals surface area contributed by atoms with Gasteiger partial charge in [0.1, 0.15) is 0 Å². The van der Waals surface area contributed by atoms with Gasteiger partial charge in [0.2, 0.25) is 0 Å². The number of hydrogen-bond acceptors (Lipinski definition) is 3. The van der Waals surface area contributed by atoms with Crippen molar-refractivity contribution in [3.63, 3.8) is 0 Å². The molecule has 1 aromatic carbocycles. The molecule has 2 aromatic rings. The first-order valence-electron chi connectivity index (χ1n) is 5.58. The lowest BCUT2D eigenvalue weighted by atomic mass is 10.0. The van der Waals surface area contributed by atoms with Crippen molar-refractivity contribution in [2.75, 3.05) is 6.54 Å². The lowest BCUT2D eigenvalue weighted by Crippen LogP contribution is -2.34. The number of halogens is 1. The number of benzene rings is 1. The summed E-state index contributed by atoms with van der Waals surface area (Å²) < 4.78 is 19.0. The van der Waals surface area contributed by atoms with E-state index in [1.54, 1.807) is 19.1 Å². The maximum atomic E-state index is 14.0. The lowest BCUT2D eigenvalue weighted by Gasteiger charge is -2.11. The van der Waals surface area contributed by atoms with Gasteiger partial charge >= 0.3 is 0 Å². The van der Waals surface area contributed by atoms with Gasteiger partial charge in [-0.3, -0.25) is 4.79 Å². The third-order valence-electron chi connectivity index (χ3n) is 2.73. The molecule has 4 heteroatoms. The molecule has 90 valence electrons. The maximum absolute atomic E-state index is 14.0. The van der Waals surface area contributed by atoms with Crippen LogP contribution in [0.2, 0.25) is 0 Å². The zero-order valence-electron chi connectivity index (χ0n) is 9.79. The predicted molar refractivity (Wildman–Crippen MR) is 63.6 cm³/mol. The minimum Gasteiger partial charge on any atom is -0.461 e. The Balaban J connectivity index is 2.41. The van der Waals surface area contributed by atoms with E-state index in [9.17, 15) is 9.18 Å². The van der Waals surface area contributed by atoms with E-state index >= 15 is 0 Å². The van der Waals surface area contributed by atoms with E-state index in [-0.39, 0.29) is 16.9 Å². The van der Waals surface area contributed by atoms with Crippen LogP contribution in [0.15, 0.2) is 28.9 Å². The van der Waals surface area contributed by atoms with Crippen molar-refractivity contribution >= 4 is 16.8 Å². The number of carbonyl (C=O) groups is 1. The van der Waals surface area contributed by atoms with E-state index < -0.39 is 11.9 Å². The van der Waals surface area contributed by atoms with Crippen molar-refractivity contribution in [1.29, 1.82) is 0 Å². The fourth-order valence-electron chi connectivity index (χ4n) is 1.82. The number of ketones is 1. The standard InChI is InChI=1S/C13H14FNO2/c1-3-15-8(2)12(16)10-5-4-9-6-7-17-13(9)11(10)14/h4-8,15H,3H2,1-2H3/t8-/m0/s1. The molecule has 1 atom stereocenters. The Morgan fingerprint density at radius 2 is 2.24 bits per heavy atom. The number of carbonyl (C=O) groups excluding carboxylic acids is 1. The van der Waals surface area contributed by atoms with Crippen molar-refractivity contribution in [1.82, 2.24) is 5.32 Å². The Bertz CT molecular complexity index is 547. The molecule has 0 fully saturated rings. The first kappa shape index (κ1) is 11.8. The first-order valence-corrected chi connectivity index (χ1v) is 5.58. The van der Waals surface area contributed by atoms with Crippen molar-refractivity contribution in [3.8, 4) is 0 Å². The number of Topliss-reactive ketones (excluding diaryl/α,β-unsaturated/α-hetero) is 1. The van der Waals surface area contributed by atoms with Gasteiger partial charge in [-0.1, -0.05) is 13.0 Å². The van der Waals surface area contributed by atoms with Crippen LogP contribution >= 0.6 is 0 Å². The number of likely N-dealkylation sites (N-methyl/N-ethyl adjacent to an activating group) is 1. The largest absolute Gasteiger partial charge is 0.461 e. The van der Waals surface area contributed by atoms with Gasteiger partial charge in [-0.05, 0) is 25.6 Å². The molecular weight excluding hydrogens is 221 g/mol. The summed E-state index contributed by atoms with van der Waals surface area (Å²) in [5.41, 5.74) is 0.209. The Hall–Kier alpha value is -1.68. The summed E-state index contributed by atoms with van der Waals surface area (Å²) in [7, 11) is 0. The summed E-state index contributed by atoms with van der Waals surface area (Å²) in [6.45, 7) is 4.28. The van der Waals surface area contributed by atoms with E-state index in [0.717, 1.165) is 0 Å². The molecular formula is C13H14FNO2. The highest BCUT2D eigenvalue weighted by atomic mass is 19.1. The third kappa shape index (κ3) is 2.08. The molecule has 1 N–H and O–H groups in total. The van der Waals surface area contributed by atoms with Crippen LogP contribution in [0.25, 0.3) is 11.0 Å². The molecule has 0 aliphatic carbocycles. The lowest BCUT2D eigenvalue weighted by molar-refractivity contribution is 0.0948. The molecule has 0 unspecified atom stereocenters. The number of furan rings is 1. The number of rotatable bonds is 4. The molecule has 0 saturated heterocycles. The summed E-state index contributed by atoms with van der Waals surface area (Å²) in [5.74, 6) is -0.843. The summed E-state index contributed by atoms with van der Waals surface area (Å²) in [5, 5.41) is 3.63. The van der Waals surface area contributed by atoms with Gasteiger partial charge in [-0.15, -0.1) is 0 Å². The molecule has 0 bridgehead atoms. The molecule has 0 aliphatic heterocycles. The summed E-state index contributed by atoms with van der Waals surface area (Å²) in [6.07, 6.45) is 1.41. The smallest absolute Gasteiger partial charge is 0.182 e. The fraction of sp³-hybridized carbons (Fsp3) is 0.308. The SMILES string of the molecule is CCN[C@@H](C)C(=O)c1ccc2ccoc2c1F. The maximum Gasteiger partial charge on any atom is 0.182 e. The molecule has 2 rings (SSSR count). The van der Waals surface area contributed by atoms with Crippen LogP contribution in [0.4, 0.5) is 4.39 Å². The van der Waals surface area contributed by atoms with Crippen LogP contribution in [-0.2, 0) is 0 Å². The molecule has 0 aliphatic rings. The van der Waals surface area contributed by atoms with Gasteiger partial charge in [-0.25, -0.2) is 4.39 Å². The quantitative estimate of drug-likeness (QED) is 0.828. The minimum atomic E-state index is -0.581. The molecule has 17 heavy (non-hydrogen) atoms. The minimum absolute atomic E-state index is 0.0703. The second kappa shape index (κ2) is 4.67. The summed E-state index contributed by atoms with van der Waals surface area (Å²) in [6, 6.07) is 4.46. The van der Waals surface area contributed by atoms with Crippen LogP contribution in [0, 0.1) is 5.82 Å². The van der Waals surface area contributed by atoms with Gasteiger partial charge < -0.3 is 9.73 Å². The zero-order chi connectivity index (χ0) is 12.4. The van der Waals surface area contributed by atoms with E-state index in [1.807, 2.05) is 6.92 Å². The highest BCUT2D eigenvalue weighted by Crippen LogP contribution is 2.22. The second-order valence-corrected chi connectivity index (χ2v) is 3.91. The molecule has 0 spiro atoms. The van der Waals surface area contributed by atoms with Crippen molar-refractivity contribution < 1.29 is 13.6 Å². The Morgan fingerprint density at radius 3 is 2.94 bits per heavy atom. The number of hydrogen-bond donors (Lipinski definition) is 1. The monoisotopic (exact) mass is 235 g/mol. The molecule has 0 saturated carbocycles. The zero-order valence-corrected chi connectivity index (χ0v) is 9.79. The van der Waals surface area contributed by atoms with Crippen LogP contribution in [-0.4, -0.2) is 18.4 Å². The molecule has 0 amide bonds. The van der Waals surface area contributed by atoms with Gasteiger partial charge in [-0.2, -0.15) is 0 Å². The number of fused-ring (bicyclic) bond motifs is 1. The molecule has 1 heterocycles. The molecule has 3 nitrogen and oxygen atoms in total. The highest BCUT2D eigenvalue weighted by molar-refractivity contribution is 6.02. The van der Waals surface area contributed by atoms with Crippen LogP contribution in [0.5, 0.6) is 0 Å². The van der Waals surface area contributed by atoms with Crippen LogP contribution in [0.3, 0.4) is 0 Å². The Morgan fingerprint density at radius 1 is 1.47 bits per heavy atom. The highest BCUT2D eigenvalue weighted by Gasteiger charge is 2.20. The number of nitrogens with one attached hydrogen (secondary N) is 1. The third-order valence-corrected chi connectivity index (χ3v) is 2.73. The van der Waals surface area contributed by atoms with E-state index in [4.69, 9.17) is 4.42 Å². The average Bonchev–Trinajstić information content (AvgIpc) is 2.78. The second-order valence-electron chi connectivity index (χ2n) is 3.91. The Labute approximate surface area is 98.6 Å². The van der Waals surface area contributed by atoms with Crippen molar-refractivity contribution in [2.24, 2.45) is 0 Å². The topological polar surface area (TPSA) is 42.2 Å². The van der Waals surface area contributed by atoms with Crippen molar-refractivity contribution in [3.05, 3.63) is 35.8 Å². The first-order chi connectivity index (χ1) is 8.15. The van der Waals surface area contributed by atoms with Crippen LogP contribution in [0.1, 0.15) is 24.2 Å². The summed E-state index contributed by atoms with van der Waals surface area (Å²) in [4.78, 5) is 12.0. The summed E-state index contributed by atoms with van der Waals surface area (Å²) >= 11 is 0. The average molecular weight is 235 g/mol. The Kier molecular flexibility index (Phi) is 3.24.